The van der Waals surface area contributed by atoms with Gasteiger partial charge in [-0.3, -0.25) is 13.9 Å². The number of hydrogen-bond donors (Lipinski definition) is 1. The molecule has 0 spiro atoms. The van der Waals surface area contributed by atoms with E-state index in [-0.39, 0.29) is 30.4 Å². The van der Waals surface area contributed by atoms with Gasteiger partial charge in [-0.25, -0.2) is 13.6 Å². The average molecular weight is 387 g/mol. The van der Waals surface area contributed by atoms with E-state index in [1.54, 1.807) is 0 Å². The second kappa shape index (κ2) is 7.56. The van der Waals surface area contributed by atoms with E-state index in [4.69, 9.17) is 4.74 Å². The minimum absolute atomic E-state index is 0.0552. The van der Waals surface area contributed by atoms with E-state index in [0.29, 0.717) is 24.6 Å². The van der Waals surface area contributed by atoms with Crippen LogP contribution in [0.15, 0.2) is 12.1 Å². The Morgan fingerprint density at radius 1 is 1.31 bits per heavy atom. The minimum atomic E-state index is -0.954. The quantitative estimate of drug-likeness (QED) is 0.834. The maximum Gasteiger partial charge on any atom is 0.414 e. The molecule has 1 aromatic rings. The van der Waals surface area contributed by atoms with Gasteiger partial charge in [-0.2, -0.15) is 0 Å². The lowest BCUT2D eigenvalue weighted by molar-refractivity contribution is -0.119. The normalized spacial score (nSPS) is 21.0. The van der Waals surface area contributed by atoms with Crippen molar-refractivity contribution in [1.29, 1.82) is 0 Å². The van der Waals surface area contributed by atoms with Crippen molar-refractivity contribution >= 4 is 34.2 Å². The largest absolute Gasteiger partial charge is 0.442 e. The van der Waals surface area contributed by atoms with Crippen LogP contribution in [0.1, 0.15) is 6.92 Å². The fraction of sp³-hybridized carbons (Fsp3) is 0.500. The number of hydrogen-bond acceptors (Lipinski definition) is 5. The second-order valence-electron chi connectivity index (χ2n) is 6.15. The molecule has 0 saturated carbocycles. The van der Waals surface area contributed by atoms with Gasteiger partial charge in [-0.15, -0.1) is 0 Å². The van der Waals surface area contributed by atoms with E-state index < -0.39 is 34.6 Å². The Labute approximate surface area is 151 Å². The predicted octanol–water partition coefficient (Wildman–Crippen LogP) is 0.995. The van der Waals surface area contributed by atoms with Crippen LogP contribution in [0, 0.1) is 11.6 Å². The van der Waals surface area contributed by atoms with Crippen LogP contribution in [-0.4, -0.2) is 60.0 Å². The Morgan fingerprint density at radius 2 is 1.92 bits per heavy atom. The number of ether oxygens (including phenoxy) is 1. The molecule has 1 aromatic carbocycles. The standard InChI is InChI=1S/C16H19F2N3O4S/c1-10(22)19-8-12-9-21(16(23)25-12)11-6-13(17)15(14(18)7-11)20-2-4-26(24)5-3-20/h6-7,12H,2-5,8-9H2,1H3,(H,19,22). The first kappa shape index (κ1) is 18.6. The summed E-state index contributed by atoms with van der Waals surface area (Å²) in [6.45, 7) is 2.18. The maximum absolute atomic E-state index is 14.5. The van der Waals surface area contributed by atoms with Crippen LogP contribution in [0.25, 0.3) is 0 Å². The molecule has 7 nitrogen and oxygen atoms in total. The van der Waals surface area contributed by atoms with Gasteiger partial charge in [0.05, 0.1) is 18.8 Å². The maximum atomic E-state index is 14.5. The van der Waals surface area contributed by atoms with Crippen molar-refractivity contribution < 1.29 is 27.3 Å². The summed E-state index contributed by atoms with van der Waals surface area (Å²) < 4.78 is 45.6. The third kappa shape index (κ3) is 3.95. The first-order valence-corrected chi connectivity index (χ1v) is 9.65. The minimum Gasteiger partial charge on any atom is -0.442 e. The van der Waals surface area contributed by atoms with E-state index in [2.05, 4.69) is 5.32 Å². The van der Waals surface area contributed by atoms with Gasteiger partial charge in [0.1, 0.15) is 11.8 Å². The van der Waals surface area contributed by atoms with Crippen molar-refractivity contribution in [3.05, 3.63) is 23.8 Å². The zero-order valence-electron chi connectivity index (χ0n) is 14.2. The van der Waals surface area contributed by atoms with Crippen LogP contribution in [0.2, 0.25) is 0 Å². The summed E-state index contributed by atoms with van der Waals surface area (Å²) in [6, 6.07) is 2.18. The first-order valence-electron chi connectivity index (χ1n) is 8.16. The Bertz CT molecular complexity index is 728. The molecule has 10 heteroatoms. The Kier molecular flexibility index (Phi) is 5.40. The Hall–Kier alpha value is -2.23. The number of amides is 2. The highest BCUT2D eigenvalue weighted by Gasteiger charge is 2.34. The molecule has 26 heavy (non-hydrogen) atoms. The highest BCUT2D eigenvalue weighted by atomic mass is 32.2. The van der Waals surface area contributed by atoms with Crippen LogP contribution < -0.4 is 15.1 Å². The van der Waals surface area contributed by atoms with Crippen molar-refractivity contribution in [2.24, 2.45) is 0 Å². The van der Waals surface area contributed by atoms with Gasteiger partial charge in [0.15, 0.2) is 11.6 Å². The van der Waals surface area contributed by atoms with Crippen molar-refractivity contribution in [2.75, 3.05) is 47.5 Å². The lowest BCUT2D eigenvalue weighted by atomic mass is 10.2. The van der Waals surface area contributed by atoms with Crippen molar-refractivity contribution in [2.45, 2.75) is 13.0 Å². The Balaban J connectivity index is 1.76. The highest BCUT2D eigenvalue weighted by Crippen LogP contribution is 2.31. The molecule has 0 radical (unpaired) electrons. The molecule has 0 aromatic heterocycles. The molecule has 2 amide bonds. The number of carbonyl (C=O) groups is 2. The third-order valence-electron chi connectivity index (χ3n) is 4.26. The zero-order chi connectivity index (χ0) is 18.8. The molecule has 0 bridgehead atoms. The van der Waals surface area contributed by atoms with Crippen molar-refractivity contribution in [3.8, 4) is 0 Å². The molecule has 142 valence electrons. The second-order valence-corrected chi connectivity index (χ2v) is 7.84. The Morgan fingerprint density at radius 3 is 2.50 bits per heavy atom. The summed E-state index contributed by atoms with van der Waals surface area (Å²) in [5, 5.41) is 2.54. The number of nitrogens with zero attached hydrogens (tertiary/aromatic N) is 2. The summed E-state index contributed by atoms with van der Waals surface area (Å²) in [4.78, 5) is 25.6. The molecular formula is C16H19F2N3O4S. The van der Waals surface area contributed by atoms with Crippen LogP contribution >= 0.6 is 0 Å². The van der Waals surface area contributed by atoms with Crippen molar-refractivity contribution in [1.82, 2.24) is 5.32 Å². The molecule has 2 saturated heterocycles. The molecule has 2 aliphatic rings. The van der Waals surface area contributed by atoms with Gasteiger partial charge in [-0.05, 0) is 0 Å². The fourth-order valence-corrected chi connectivity index (χ4v) is 4.02. The number of benzene rings is 1. The zero-order valence-corrected chi connectivity index (χ0v) is 15.0. The number of nitrogens with one attached hydrogen (secondary N) is 1. The third-order valence-corrected chi connectivity index (χ3v) is 5.54. The number of rotatable bonds is 4. The van der Waals surface area contributed by atoms with Gasteiger partial charge in [0.2, 0.25) is 5.91 Å². The van der Waals surface area contributed by atoms with E-state index in [0.717, 1.165) is 17.0 Å². The molecule has 1 unspecified atom stereocenters. The lowest BCUT2D eigenvalue weighted by Gasteiger charge is -2.29. The van der Waals surface area contributed by atoms with Crippen LogP contribution in [0.3, 0.4) is 0 Å². The number of anilines is 2. The van der Waals surface area contributed by atoms with Crippen LogP contribution in [0.4, 0.5) is 25.0 Å². The molecule has 0 aliphatic carbocycles. The lowest BCUT2D eigenvalue weighted by Crippen LogP contribution is -2.39. The summed E-state index contributed by atoms with van der Waals surface area (Å²) in [5.41, 5.74) is -0.118. The highest BCUT2D eigenvalue weighted by molar-refractivity contribution is 7.85. The predicted molar refractivity (Wildman–Crippen MR) is 92.7 cm³/mol. The molecule has 2 aliphatic heterocycles. The summed E-state index contributed by atoms with van der Waals surface area (Å²) in [6.07, 6.45) is -1.31. The fourth-order valence-electron chi connectivity index (χ4n) is 2.97. The topological polar surface area (TPSA) is 79.0 Å². The number of cyclic esters (lactones) is 1. The SMILES string of the molecule is CC(=O)NCC1CN(c2cc(F)c(N3CCS(=O)CC3)c(F)c2)C(=O)O1. The van der Waals surface area contributed by atoms with Crippen LogP contribution in [-0.2, 0) is 20.3 Å². The van der Waals surface area contributed by atoms with E-state index in [1.165, 1.54) is 11.8 Å². The first-order chi connectivity index (χ1) is 12.3. The monoisotopic (exact) mass is 387 g/mol. The molecule has 2 fully saturated rings. The van der Waals surface area contributed by atoms with Gasteiger partial charge in [0, 0.05) is 54.5 Å². The molecular weight excluding hydrogens is 368 g/mol. The van der Waals surface area contributed by atoms with Crippen LogP contribution in [0.5, 0.6) is 0 Å². The van der Waals surface area contributed by atoms with Gasteiger partial charge >= 0.3 is 6.09 Å². The van der Waals surface area contributed by atoms with Gasteiger partial charge in [0.25, 0.3) is 0 Å². The number of halogens is 2. The molecule has 1 N–H and O–H groups in total. The van der Waals surface area contributed by atoms with E-state index in [9.17, 15) is 22.6 Å². The van der Waals surface area contributed by atoms with Gasteiger partial charge in [-0.1, -0.05) is 0 Å². The average Bonchev–Trinajstić information content (AvgIpc) is 2.95. The molecule has 1 atom stereocenters. The molecule has 3 rings (SSSR count). The van der Waals surface area contributed by atoms with Crippen molar-refractivity contribution in [3.63, 3.8) is 0 Å². The van der Waals surface area contributed by atoms with E-state index >= 15 is 0 Å². The number of carbonyl (C=O) groups excluding carboxylic acids is 2. The van der Waals surface area contributed by atoms with Gasteiger partial charge < -0.3 is 15.0 Å². The van der Waals surface area contributed by atoms with E-state index in [1.807, 2.05) is 0 Å². The smallest absolute Gasteiger partial charge is 0.414 e. The summed E-state index contributed by atoms with van der Waals surface area (Å²) in [5.74, 6) is -1.10. The summed E-state index contributed by atoms with van der Waals surface area (Å²) in [7, 11) is -0.954. The molecule has 2 heterocycles. The summed E-state index contributed by atoms with van der Waals surface area (Å²) >= 11 is 0.